The molecular formula is C19H24FN5. The van der Waals surface area contributed by atoms with Gasteiger partial charge in [-0.2, -0.15) is 10.2 Å². The minimum absolute atomic E-state index is 0.236. The van der Waals surface area contributed by atoms with Crippen LogP contribution in [0.5, 0.6) is 0 Å². The van der Waals surface area contributed by atoms with Crippen LogP contribution in [0.3, 0.4) is 0 Å². The van der Waals surface area contributed by atoms with Crippen LogP contribution in [0.2, 0.25) is 0 Å². The predicted octanol–water partition coefficient (Wildman–Crippen LogP) is 3.04. The molecule has 2 aromatic heterocycles. The Morgan fingerprint density at radius 3 is 2.52 bits per heavy atom. The van der Waals surface area contributed by atoms with Gasteiger partial charge in [0.1, 0.15) is 5.82 Å². The average molecular weight is 341 g/mol. The molecule has 3 aromatic rings. The van der Waals surface area contributed by atoms with E-state index in [0.717, 1.165) is 36.6 Å². The summed E-state index contributed by atoms with van der Waals surface area (Å²) in [6, 6.07) is 6.44. The van der Waals surface area contributed by atoms with E-state index in [1.807, 2.05) is 29.5 Å². The Morgan fingerprint density at radius 1 is 1.16 bits per heavy atom. The van der Waals surface area contributed by atoms with Crippen molar-refractivity contribution in [2.75, 3.05) is 13.6 Å². The largest absolute Gasteiger partial charge is 0.302 e. The first-order valence-corrected chi connectivity index (χ1v) is 8.41. The van der Waals surface area contributed by atoms with Crippen molar-refractivity contribution in [1.82, 2.24) is 24.5 Å². The first kappa shape index (κ1) is 17.4. The zero-order chi connectivity index (χ0) is 18.0. The smallest absolute Gasteiger partial charge is 0.123 e. The molecule has 132 valence electrons. The Hall–Kier alpha value is -2.47. The lowest BCUT2D eigenvalue weighted by atomic mass is 10.1. The molecule has 0 amide bonds. The van der Waals surface area contributed by atoms with Crippen molar-refractivity contribution in [1.29, 1.82) is 0 Å². The van der Waals surface area contributed by atoms with Gasteiger partial charge in [0.05, 0.1) is 17.6 Å². The van der Waals surface area contributed by atoms with Crippen molar-refractivity contribution in [3.63, 3.8) is 0 Å². The van der Waals surface area contributed by atoms with Crippen molar-refractivity contribution in [3.05, 3.63) is 65.0 Å². The van der Waals surface area contributed by atoms with Crippen LogP contribution in [0.15, 0.2) is 36.7 Å². The third-order valence-electron chi connectivity index (χ3n) is 4.48. The van der Waals surface area contributed by atoms with Gasteiger partial charge in [0.2, 0.25) is 0 Å². The van der Waals surface area contributed by atoms with Gasteiger partial charge in [0.25, 0.3) is 0 Å². The van der Waals surface area contributed by atoms with E-state index >= 15 is 0 Å². The van der Waals surface area contributed by atoms with Crippen molar-refractivity contribution in [2.45, 2.75) is 26.8 Å². The van der Waals surface area contributed by atoms with Crippen molar-refractivity contribution < 1.29 is 4.39 Å². The van der Waals surface area contributed by atoms with Crippen LogP contribution in [-0.2, 0) is 20.0 Å². The van der Waals surface area contributed by atoms with Gasteiger partial charge in [-0.1, -0.05) is 0 Å². The molecule has 5 nitrogen and oxygen atoms in total. The second-order valence-electron chi connectivity index (χ2n) is 6.55. The first-order valence-electron chi connectivity index (χ1n) is 8.41. The Labute approximate surface area is 147 Å². The lowest BCUT2D eigenvalue weighted by Gasteiger charge is -2.16. The van der Waals surface area contributed by atoms with Crippen LogP contribution in [0.1, 0.15) is 22.5 Å². The average Bonchev–Trinajstić information content (AvgIpc) is 3.12. The Morgan fingerprint density at radius 2 is 1.88 bits per heavy atom. The summed E-state index contributed by atoms with van der Waals surface area (Å²) >= 11 is 0. The van der Waals surface area contributed by atoms with Crippen LogP contribution in [0.4, 0.5) is 4.39 Å². The van der Waals surface area contributed by atoms with Gasteiger partial charge in [0.15, 0.2) is 0 Å². The van der Waals surface area contributed by atoms with E-state index in [2.05, 4.69) is 35.3 Å². The van der Waals surface area contributed by atoms with E-state index in [9.17, 15) is 4.39 Å². The van der Waals surface area contributed by atoms with E-state index in [-0.39, 0.29) is 5.82 Å². The standard InChI is InChI=1S/C19H24FN5/c1-14-19(13-23(3)10-9-16-11-21-24(4)12-16)15(2)25(22-14)18-7-5-17(20)6-8-18/h5-8,11-12H,9-10,13H2,1-4H3. The molecule has 6 heteroatoms. The highest BCUT2D eigenvalue weighted by atomic mass is 19.1. The molecule has 2 heterocycles. The Balaban J connectivity index is 1.70. The van der Waals surface area contributed by atoms with Crippen LogP contribution >= 0.6 is 0 Å². The van der Waals surface area contributed by atoms with Crippen LogP contribution in [-0.4, -0.2) is 38.1 Å². The highest BCUT2D eigenvalue weighted by Crippen LogP contribution is 2.19. The van der Waals surface area contributed by atoms with Gasteiger partial charge >= 0.3 is 0 Å². The zero-order valence-corrected chi connectivity index (χ0v) is 15.2. The van der Waals surface area contributed by atoms with E-state index in [1.165, 1.54) is 23.3 Å². The number of likely N-dealkylation sites (N-methyl/N-ethyl adjacent to an activating group) is 1. The summed E-state index contributed by atoms with van der Waals surface area (Å²) in [5.41, 5.74) is 5.45. The number of rotatable bonds is 6. The molecule has 0 N–H and O–H groups in total. The van der Waals surface area contributed by atoms with Crippen molar-refractivity contribution in [3.8, 4) is 5.69 Å². The van der Waals surface area contributed by atoms with E-state index in [0.29, 0.717) is 0 Å². The summed E-state index contributed by atoms with van der Waals surface area (Å²) in [7, 11) is 4.05. The molecule has 0 aliphatic carbocycles. The normalized spacial score (nSPS) is 11.4. The summed E-state index contributed by atoms with van der Waals surface area (Å²) in [6.07, 6.45) is 4.93. The van der Waals surface area contributed by atoms with Crippen LogP contribution in [0.25, 0.3) is 5.69 Å². The van der Waals surface area contributed by atoms with Gasteiger partial charge in [0, 0.05) is 37.6 Å². The predicted molar refractivity (Wildman–Crippen MR) is 96.2 cm³/mol. The number of hydrogen-bond donors (Lipinski definition) is 0. The van der Waals surface area contributed by atoms with Crippen molar-refractivity contribution >= 4 is 0 Å². The number of nitrogens with zero attached hydrogens (tertiary/aromatic N) is 5. The molecule has 0 fully saturated rings. The molecule has 0 unspecified atom stereocenters. The molecule has 0 aliphatic heterocycles. The second kappa shape index (κ2) is 7.19. The highest BCUT2D eigenvalue weighted by Gasteiger charge is 2.14. The van der Waals surface area contributed by atoms with E-state index in [1.54, 1.807) is 12.1 Å². The lowest BCUT2D eigenvalue weighted by Crippen LogP contribution is -2.21. The molecule has 3 rings (SSSR count). The maximum absolute atomic E-state index is 13.1. The maximum atomic E-state index is 13.1. The van der Waals surface area contributed by atoms with E-state index in [4.69, 9.17) is 0 Å². The van der Waals surface area contributed by atoms with Crippen molar-refractivity contribution in [2.24, 2.45) is 7.05 Å². The summed E-state index contributed by atoms with van der Waals surface area (Å²) in [5.74, 6) is -0.236. The zero-order valence-electron chi connectivity index (χ0n) is 15.2. The SMILES string of the molecule is Cc1nn(-c2ccc(F)cc2)c(C)c1CN(C)CCc1cnn(C)c1. The summed E-state index contributed by atoms with van der Waals surface area (Å²) in [6.45, 7) is 5.87. The minimum atomic E-state index is -0.236. The molecule has 1 aromatic carbocycles. The monoisotopic (exact) mass is 341 g/mol. The van der Waals surface area contributed by atoms with Gasteiger partial charge in [-0.05, 0) is 57.1 Å². The molecule has 0 spiro atoms. The topological polar surface area (TPSA) is 38.9 Å². The second-order valence-corrected chi connectivity index (χ2v) is 6.55. The number of aryl methyl sites for hydroxylation is 2. The molecule has 0 aliphatic rings. The fraction of sp³-hybridized carbons (Fsp3) is 0.368. The fourth-order valence-corrected chi connectivity index (χ4v) is 3.01. The molecular weight excluding hydrogens is 317 g/mol. The van der Waals surface area contributed by atoms with Crippen LogP contribution < -0.4 is 0 Å². The quantitative estimate of drug-likeness (QED) is 0.692. The van der Waals surface area contributed by atoms with Gasteiger partial charge in [-0.3, -0.25) is 4.68 Å². The molecule has 25 heavy (non-hydrogen) atoms. The number of hydrogen-bond acceptors (Lipinski definition) is 3. The first-order chi connectivity index (χ1) is 11.9. The minimum Gasteiger partial charge on any atom is -0.302 e. The third-order valence-corrected chi connectivity index (χ3v) is 4.48. The van der Waals surface area contributed by atoms with Gasteiger partial charge in [-0.15, -0.1) is 0 Å². The maximum Gasteiger partial charge on any atom is 0.123 e. The number of benzene rings is 1. The summed E-state index contributed by atoms with van der Waals surface area (Å²) in [4.78, 5) is 2.29. The van der Waals surface area contributed by atoms with E-state index < -0.39 is 0 Å². The Kier molecular flexibility index (Phi) is 4.99. The van der Waals surface area contributed by atoms with Crippen LogP contribution in [0, 0.1) is 19.7 Å². The molecule has 0 atom stereocenters. The lowest BCUT2D eigenvalue weighted by molar-refractivity contribution is 0.330. The number of halogens is 1. The fourth-order valence-electron chi connectivity index (χ4n) is 3.01. The molecule has 0 saturated heterocycles. The molecule has 0 bridgehead atoms. The molecule has 0 saturated carbocycles. The highest BCUT2D eigenvalue weighted by molar-refractivity contribution is 5.37. The van der Waals surface area contributed by atoms with Gasteiger partial charge in [-0.25, -0.2) is 9.07 Å². The molecule has 0 radical (unpaired) electrons. The summed E-state index contributed by atoms with van der Waals surface area (Å²) in [5, 5.41) is 8.85. The van der Waals surface area contributed by atoms with Gasteiger partial charge < -0.3 is 4.90 Å². The Bertz CT molecular complexity index is 847. The third kappa shape index (κ3) is 3.96. The number of aromatic nitrogens is 4. The summed E-state index contributed by atoms with van der Waals surface area (Å²) < 4.78 is 16.9.